The van der Waals surface area contributed by atoms with E-state index in [0.29, 0.717) is 11.9 Å². The average molecular weight is 373 g/mol. The van der Waals surface area contributed by atoms with Crippen LogP contribution in [0.3, 0.4) is 0 Å². The minimum atomic E-state index is -0.0253. The highest BCUT2D eigenvalue weighted by molar-refractivity contribution is 5.91. The molecule has 3 aliphatic heterocycles. The standard InChI is InChI=1S/C20H32N6O/c1-14-15(2)22-18(23-19(14)26-10-5-16(21)13-26)20(27)25-11-6-17(7-12-25)24-8-3-4-9-24/h16-17H,3-13,21H2,1-2H3/t16-/m1/s1. The van der Waals surface area contributed by atoms with E-state index in [4.69, 9.17) is 5.73 Å². The lowest BCUT2D eigenvalue weighted by Crippen LogP contribution is -2.46. The molecule has 2 N–H and O–H groups in total. The maximum absolute atomic E-state index is 13.1. The van der Waals surface area contributed by atoms with Crippen LogP contribution in [0.5, 0.6) is 0 Å². The molecule has 4 heterocycles. The summed E-state index contributed by atoms with van der Waals surface area (Å²) in [5.74, 6) is 1.20. The Morgan fingerprint density at radius 2 is 1.70 bits per heavy atom. The van der Waals surface area contributed by atoms with Crippen LogP contribution in [0.25, 0.3) is 0 Å². The summed E-state index contributed by atoms with van der Waals surface area (Å²) in [5.41, 5.74) is 8.00. The zero-order valence-electron chi connectivity index (χ0n) is 16.7. The van der Waals surface area contributed by atoms with Crippen molar-refractivity contribution in [3.8, 4) is 0 Å². The van der Waals surface area contributed by atoms with E-state index in [-0.39, 0.29) is 11.9 Å². The minimum absolute atomic E-state index is 0.0253. The van der Waals surface area contributed by atoms with E-state index in [1.807, 2.05) is 18.7 Å². The second kappa shape index (κ2) is 7.72. The number of carbonyl (C=O) groups excluding carboxylic acids is 1. The number of aromatic nitrogens is 2. The Balaban J connectivity index is 1.46. The van der Waals surface area contributed by atoms with Crippen LogP contribution in [0.1, 0.15) is 54.0 Å². The number of rotatable bonds is 3. The van der Waals surface area contributed by atoms with E-state index in [1.54, 1.807) is 0 Å². The fraction of sp³-hybridized carbons (Fsp3) is 0.750. The van der Waals surface area contributed by atoms with Gasteiger partial charge >= 0.3 is 0 Å². The Morgan fingerprint density at radius 1 is 1.00 bits per heavy atom. The maximum atomic E-state index is 13.1. The van der Waals surface area contributed by atoms with E-state index in [1.165, 1.54) is 25.9 Å². The average Bonchev–Trinajstić information content (AvgIpc) is 3.35. The molecule has 0 saturated carbocycles. The van der Waals surface area contributed by atoms with Crippen molar-refractivity contribution in [3.63, 3.8) is 0 Å². The first-order chi connectivity index (χ1) is 13.0. The quantitative estimate of drug-likeness (QED) is 0.862. The SMILES string of the molecule is Cc1nc(C(=O)N2CCC(N3CCCC3)CC2)nc(N2CC[C@@H](N)C2)c1C. The van der Waals surface area contributed by atoms with E-state index in [0.717, 1.165) is 62.5 Å². The van der Waals surface area contributed by atoms with Gasteiger partial charge in [-0.3, -0.25) is 4.79 Å². The number of hydrogen-bond acceptors (Lipinski definition) is 6. The van der Waals surface area contributed by atoms with Crippen LogP contribution in [-0.4, -0.2) is 77.0 Å². The topological polar surface area (TPSA) is 78.6 Å². The summed E-state index contributed by atoms with van der Waals surface area (Å²) < 4.78 is 0. The molecule has 148 valence electrons. The second-order valence-corrected chi connectivity index (χ2v) is 8.34. The fourth-order valence-corrected chi connectivity index (χ4v) is 4.68. The monoisotopic (exact) mass is 372 g/mol. The molecule has 27 heavy (non-hydrogen) atoms. The molecule has 0 spiro atoms. The Labute approximate surface area is 161 Å². The van der Waals surface area contributed by atoms with Gasteiger partial charge in [-0.15, -0.1) is 0 Å². The summed E-state index contributed by atoms with van der Waals surface area (Å²) in [4.78, 5) is 29.0. The summed E-state index contributed by atoms with van der Waals surface area (Å²) in [7, 11) is 0. The molecule has 0 bridgehead atoms. The van der Waals surface area contributed by atoms with Crippen molar-refractivity contribution in [1.29, 1.82) is 0 Å². The van der Waals surface area contributed by atoms with Crippen molar-refractivity contribution >= 4 is 11.7 Å². The van der Waals surface area contributed by atoms with Gasteiger partial charge in [0.1, 0.15) is 5.82 Å². The molecule has 3 fully saturated rings. The first kappa shape index (κ1) is 18.6. The number of hydrogen-bond donors (Lipinski definition) is 1. The van der Waals surface area contributed by atoms with Crippen molar-refractivity contribution in [3.05, 3.63) is 17.1 Å². The lowest BCUT2D eigenvalue weighted by atomic mass is 10.0. The lowest BCUT2D eigenvalue weighted by molar-refractivity contribution is 0.0632. The van der Waals surface area contributed by atoms with Crippen LogP contribution in [-0.2, 0) is 0 Å². The molecular formula is C20H32N6O. The van der Waals surface area contributed by atoms with Crippen molar-refractivity contribution in [1.82, 2.24) is 19.8 Å². The van der Waals surface area contributed by atoms with Gasteiger partial charge in [0.15, 0.2) is 0 Å². The third kappa shape index (κ3) is 3.80. The number of aryl methyl sites for hydroxylation is 1. The van der Waals surface area contributed by atoms with E-state index >= 15 is 0 Å². The van der Waals surface area contributed by atoms with Crippen molar-refractivity contribution in [2.24, 2.45) is 5.73 Å². The summed E-state index contributed by atoms with van der Waals surface area (Å²) >= 11 is 0. The molecule has 0 aromatic carbocycles. The molecule has 0 aliphatic carbocycles. The molecule has 3 saturated heterocycles. The molecule has 0 radical (unpaired) electrons. The normalized spacial score (nSPS) is 24.8. The van der Waals surface area contributed by atoms with Gasteiger partial charge < -0.3 is 20.4 Å². The lowest BCUT2D eigenvalue weighted by Gasteiger charge is -2.36. The van der Waals surface area contributed by atoms with E-state index < -0.39 is 0 Å². The first-order valence-electron chi connectivity index (χ1n) is 10.4. The number of anilines is 1. The largest absolute Gasteiger partial charge is 0.355 e. The Kier molecular flexibility index (Phi) is 5.32. The third-order valence-corrected chi connectivity index (χ3v) is 6.49. The summed E-state index contributed by atoms with van der Waals surface area (Å²) in [5, 5.41) is 0. The summed E-state index contributed by atoms with van der Waals surface area (Å²) in [6.07, 6.45) is 5.72. The van der Waals surface area contributed by atoms with Crippen LogP contribution < -0.4 is 10.6 Å². The zero-order chi connectivity index (χ0) is 19.0. The molecule has 3 aliphatic rings. The highest BCUT2D eigenvalue weighted by Gasteiger charge is 2.31. The van der Waals surface area contributed by atoms with E-state index in [9.17, 15) is 4.79 Å². The fourth-order valence-electron chi connectivity index (χ4n) is 4.68. The number of nitrogens with two attached hydrogens (primary N) is 1. The number of likely N-dealkylation sites (tertiary alicyclic amines) is 2. The Hall–Kier alpha value is -1.73. The van der Waals surface area contributed by atoms with Crippen LogP contribution in [0.4, 0.5) is 5.82 Å². The van der Waals surface area contributed by atoms with E-state index in [2.05, 4.69) is 19.8 Å². The Bertz CT molecular complexity index is 694. The minimum Gasteiger partial charge on any atom is -0.355 e. The number of carbonyl (C=O) groups is 1. The zero-order valence-corrected chi connectivity index (χ0v) is 16.7. The van der Waals surface area contributed by atoms with Crippen LogP contribution in [0.15, 0.2) is 0 Å². The van der Waals surface area contributed by atoms with Crippen LogP contribution in [0, 0.1) is 13.8 Å². The predicted molar refractivity (Wildman–Crippen MR) is 106 cm³/mol. The Morgan fingerprint density at radius 3 is 2.33 bits per heavy atom. The van der Waals surface area contributed by atoms with Crippen molar-refractivity contribution in [2.75, 3.05) is 44.2 Å². The number of piperidine rings is 1. The number of amides is 1. The van der Waals surface area contributed by atoms with Crippen molar-refractivity contribution in [2.45, 2.75) is 58.0 Å². The smallest absolute Gasteiger partial charge is 0.291 e. The van der Waals surface area contributed by atoms with Gasteiger partial charge in [-0.1, -0.05) is 0 Å². The van der Waals surface area contributed by atoms with Crippen LogP contribution >= 0.6 is 0 Å². The highest BCUT2D eigenvalue weighted by atomic mass is 16.2. The number of nitrogens with zero attached hydrogens (tertiary/aromatic N) is 5. The molecule has 1 aromatic heterocycles. The van der Waals surface area contributed by atoms with Gasteiger partial charge in [0.05, 0.1) is 0 Å². The second-order valence-electron chi connectivity index (χ2n) is 8.34. The van der Waals surface area contributed by atoms with Gasteiger partial charge in [0.2, 0.25) is 5.82 Å². The first-order valence-corrected chi connectivity index (χ1v) is 10.4. The van der Waals surface area contributed by atoms with Crippen molar-refractivity contribution < 1.29 is 4.79 Å². The maximum Gasteiger partial charge on any atom is 0.291 e. The molecule has 7 heteroatoms. The predicted octanol–water partition coefficient (Wildman–Crippen LogP) is 1.33. The molecular weight excluding hydrogens is 340 g/mol. The third-order valence-electron chi connectivity index (χ3n) is 6.49. The van der Waals surface area contributed by atoms with Gasteiger partial charge in [-0.25, -0.2) is 9.97 Å². The summed E-state index contributed by atoms with van der Waals surface area (Å²) in [6, 6.07) is 0.822. The van der Waals surface area contributed by atoms with Gasteiger partial charge in [0, 0.05) is 49.5 Å². The molecule has 1 aromatic rings. The summed E-state index contributed by atoms with van der Waals surface area (Å²) in [6.45, 7) is 9.75. The molecule has 1 atom stereocenters. The highest BCUT2D eigenvalue weighted by Crippen LogP contribution is 2.25. The van der Waals surface area contributed by atoms with Gasteiger partial charge in [0.25, 0.3) is 5.91 Å². The molecule has 7 nitrogen and oxygen atoms in total. The van der Waals surface area contributed by atoms with Crippen LogP contribution in [0.2, 0.25) is 0 Å². The van der Waals surface area contributed by atoms with Gasteiger partial charge in [-0.05, 0) is 59.0 Å². The van der Waals surface area contributed by atoms with Gasteiger partial charge in [-0.2, -0.15) is 0 Å². The molecule has 0 unspecified atom stereocenters. The molecule has 1 amide bonds. The molecule has 4 rings (SSSR count).